The highest BCUT2D eigenvalue weighted by molar-refractivity contribution is 7.80. The topological polar surface area (TPSA) is 32.3 Å². The fraction of sp³-hybridized carbons (Fsp3) is 0.923. The smallest absolute Gasteiger partial charge is 0.220 e. The molecule has 0 aromatic carbocycles. The van der Waals surface area contributed by atoms with Crippen LogP contribution in [0.1, 0.15) is 39.0 Å². The maximum absolute atomic E-state index is 11.8. The maximum Gasteiger partial charge on any atom is 0.220 e. The Morgan fingerprint density at radius 2 is 2.18 bits per heavy atom. The summed E-state index contributed by atoms with van der Waals surface area (Å²) in [5, 5.41) is 3.06. The minimum atomic E-state index is 0.201. The molecular formula is C13H24N2OS. The molecule has 2 rings (SSSR count). The highest BCUT2D eigenvalue weighted by Gasteiger charge is 2.42. The van der Waals surface area contributed by atoms with Gasteiger partial charge >= 0.3 is 0 Å². The van der Waals surface area contributed by atoms with Gasteiger partial charge in [0.15, 0.2) is 0 Å². The van der Waals surface area contributed by atoms with E-state index in [0.29, 0.717) is 12.5 Å². The molecule has 2 saturated carbocycles. The van der Waals surface area contributed by atoms with Crippen LogP contribution in [0.4, 0.5) is 0 Å². The lowest BCUT2D eigenvalue weighted by Gasteiger charge is -2.25. The second kappa shape index (κ2) is 5.19. The summed E-state index contributed by atoms with van der Waals surface area (Å²) in [5.41, 5.74) is 0.235. The average Bonchev–Trinajstić information content (AvgIpc) is 3.18. The number of carbonyl (C=O) groups excluding carboxylic acids is 1. The molecule has 0 aliphatic heterocycles. The molecule has 1 amide bonds. The standard InChI is InChI=1S/C13H24N2OS/c1-10(15(2)11-3-4-11)8-14-12(16)7-13(9-17)5-6-13/h10-11,17H,3-9H2,1-2H3,(H,14,16). The van der Waals surface area contributed by atoms with E-state index < -0.39 is 0 Å². The van der Waals surface area contributed by atoms with E-state index in [9.17, 15) is 4.79 Å². The summed E-state index contributed by atoms with van der Waals surface area (Å²) in [6, 6.07) is 1.20. The first-order valence-electron chi connectivity index (χ1n) is 6.66. The zero-order valence-corrected chi connectivity index (χ0v) is 11.8. The van der Waals surface area contributed by atoms with Crippen molar-refractivity contribution in [1.29, 1.82) is 0 Å². The van der Waals surface area contributed by atoms with E-state index in [2.05, 4.69) is 36.8 Å². The molecule has 0 aromatic heterocycles. The fourth-order valence-electron chi connectivity index (χ4n) is 2.22. The van der Waals surface area contributed by atoms with E-state index in [1.54, 1.807) is 0 Å². The van der Waals surface area contributed by atoms with Gasteiger partial charge in [-0.1, -0.05) is 0 Å². The molecular weight excluding hydrogens is 232 g/mol. The van der Waals surface area contributed by atoms with E-state index >= 15 is 0 Å². The normalized spacial score (nSPS) is 23.5. The van der Waals surface area contributed by atoms with Crippen LogP contribution in [0.25, 0.3) is 0 Å². The van der Waals surface area contributed by atoms with Crippen molar-refractivity contribution in [2.75, 3.05) is 19.3 Å². The van der Waals surface area contributed by atoms with E-state index in [0.717, 1.165) is 18.3 Å². The molecule has 3 nitrogen and oxygen atoms in total. The number of hydrogen-bond acceptors (Lipinski definition) is 3. The number of amides is 1. The number of thiol groups is 1. The van der Waals surface area contributed by atoms with Crippen LogP contribution >= 0.6 is 12.6 Å². The Balaban J connectivity index is 1.65. The molecule has 1 N–H and O–H groups in total. The molecule has 0 heterocycles. The number of nitrogens with zero attached hydrogens (tertiary/aromatic N) is 1. The van der Waals surface area contributed by atoms with Crippen molar-refractivity contribution in [3.05, 3.63) is 0 Å². The SMILES string of the molecule is CC(CNC(=O)CC1(CS)CC1)N(C)C1CC1. The van der Waals surface area contributed by atoms with Crippen molar-refractivity contribution >= 4 is 18.5 Å². The molecule has 1 atom stereocenters. The van der Waals surface area contributed by atoms with Gasteiger partial charge in [0.05, 0.1) is 0 Å². The Morgan fingerprint density at radius 1 is 1.53 bits per heavy atom. The number of rotatable bonds is 7. The number of nitrogens with one attached hydrogen (secondary N) is 1. The van der Waals surface area contributed by atoms with Crippen molar-refractivity contribution in [1.82, 2.24) is 10.2 Å². The predicted octanol–water partition coefficient (Wildman–Crippen LogP) is 1.69. The summed E-state index contributed by atoms with van der Waals surface area (Å²) in [5.74, 6) is 1.05. The largest absolute Gasteiger partial charge is 0.355 e. The summed E-state index contributed by atoms with van der Waals surface area (Å²) >= 11 is 4.33. The van der Waals surface area contributed by atoms with Crippen LogP contribution in [-0.4, -0.2) is 42.2 Å². The summed E-state index contributed by atoms with van der Waals surface area (Å²) in [7, 11) is 2.16. The van der Waals surface area contributed by atoms with Crippen molar-refractivity contribution in [3.8, 4) is 0 Å². The zero-order valence-electron chi connectivity index (χ0n) is 10.9. The summed E-state index contributed by atoms with van der Waals surface area (Å²) in [6.07, 6.45) is 5.63. The maximum atomic E-state index is 11.8. The first kappa shape index (κ1) is 13.2. The molecule has 2 aliphatic carbocycles. The van der Waals surface area contributed by atoms with Crippen LogP contribution in [-0.2, 0) is 4.79 Å². The van der Waals surface area contributed by atoms with Gasteiger partial charge in [0.25, 0.3) is 0 Å². The third-order valence-electron chi connectivity index (χ3n) is 4.24. The van der Waals surface area contributed by atoms with Gasteiger partial charge in [0, 0.05) is 25.0 Å². The average molecular weight is 256 g/mol. The van der Waals surface area contributed by atoms with E-state index in [1.165, 1.54) is 25.7 Å². The quantitative estimate of drug-likeness (QED) is 0.679. The Hall–Kier alpha value is -0.220. The number of hydrogen-bond donors (Lipinski definition) is 2. The first-order chi connectivity index (χ1) is 8.06. The van der Waals surface area contributed by atoms with Gasteiger partial charge in [0.1, 0.15) is 0 Å². The highest BCUT2D eigenvalue weighted by atomic mass is 32.1. The lowest BCUT2D eigenvalue weighted by Crippen LogP contribution is -2.41. The lowest BCUT2D eigenvalue weighted by atomic mass is 10.1. The second-order valence-electron chi connectivity index (χ2n) is 5.88. The van der Waals surface area contributed by atoms with Gasteiger partial charge in [-0.2, -0.15) is 12.6 Å². The van der Waals surface area contributed by atoms with E-state index in [4.69, 9.17) is 0 Å². The minimum absolute atomic E-state index is 0.201. The van der Waals surface area contributed by atoms with Gasteiger partial charge in [-0.3, -0.25) is 9.69 Å². The van der Waals surface area contributed by atoms with Gasteiger partial charge < -0.3 is 5.32 Å². The third-order valence-corrected chi connectivity index (χ3v) is 4.91. The summed E-state index contributed by atoms with van der Waals surface area (Å²) in [6.45, 7) is 2.96. The molecule has 2 aliphatic rings. The van der Waals surface area contributed by atoms with Crippen LogP contribution < -0.4 is 5.32 Å². The van der Waals surface area contributed by atoms with Crippen LogP contribution in [0.3, 0.4) is 0 Å². The highest BCUT2D eigenvalue weighted by Crippen LogP contribution is 2.49. The molecule has 2 fully saturated rings. The first-order valence-corrected chi connectivity index (χ1v) is 7.29. The molecule has 4 heteroatoms. The molecule has 17 heavy (non-hydrogen) atoms. The minimum Gasteiger partial charge on any atom is -0.355 e. The van der Waals surface area contributed by atoms with Crippen LogP contribution in [0.5, 0.6) is 0 Å². The Labute approximate surface area is 110 Å². The molecule has 0 aromatic rings. The molecule has 0 saturated heterocycles. The predicted molar refractivity (Wildman–Crippen MR) is 73.4 cm³/mol. The van der Waals surface area contributed by atoms with Crippen LogP contribution in [0, 0.1) is 5.41 Å². The van der Waals surface area contributed by atoms with Gasteiger partial charge in [-0.25, -0.2) is 0 Å². The van der Waals surface area contributed by atoms with Crippen molar-refractivity contribution in [3.63, 3.8) is 0 Å². The fourth-order valence-corrected chi connectivity index (χ4v) is 2.65. The van der Waals surface area contributed by atoms with Crippen molar-refractivity contribution < 1.29 is 4.79 Å². The Morgan fingerprint density at radius 3 is 2.65 bits per heavy atom. The van der Waals surface area contributed by atoms with Crippen LogP contribution in [0.15, 0.2) is 0 Å². The zero-order chi connectivity index (χ0) is 12.5. The Kier molecular flexibility index (Phi) is 4.03. The van der Waals surface area contributed by atoms with E-state index in [-0.39, 0.29) is 11.3 Å². The summed E-state index contributed by atoms with van der Waals surface area (Å²) in [4.78, 5) is 14.2. The third kappa shape index (κ3) is 3.62. The number of likely N-dealkylation sites (N-methyl/N-ethyl adjacent to an activating group) is 1. The molecule has 98 valence electrons. The molecule has 1 unspecified atom stereocenters. The monoisotopic (exact) mass is 256 g/mol. The van der Waals surface area contributed by atoms with Crippen LogP contribution in [0.2, 0.25) is 0 Å². The molecule has 0 spiro atoms. The number of carbonyl (C=O) groups is 1. The van der Waals surface area contributed by atoms with Gasteiger partial charge in [0.2, 0.25) is 5.91 Å². The van der Waals surface area contributed by atoms with Crippen molar-refractivity contribution in [2.24, 2.45) is 5.41 Å². The molecule has 0 radical (unpaired) electrons. The summed E-state index contributed by atoms with van der Waals surface area (Å²) < 4.78 is 0. The van der Waals surface area contributed by atoms with Gasteiger partial charge in [-0.05, 0) is 50.8 Å². The molecule has 0 bridgehead atoms. The van der Waals surface area contributed by atoms with E-state index in [1.807, 2.05) is 0 Å². The lowest BCUT2D eigenvalue weighted by molar-refractivity contribution is -0.122. The van der Waals surface area contributed by atoms with Crippen molar-refractivity contribution in [2.45, 2.75) is 51.1 Å². The second-order valence-corrected chi connectivity index (χ2v) is 6.20. The Bertz CT molecular complexity index is 287. The van der Waals surface area contributed by atoms with Gasteiger partial charge in [-0.15, -0.1) is 0 Å².